The Kier molecular flexibility index (Phi) is 8.25. The van der Waals surface area contributed by atoms with E-state index in [-0.39, 0.29) is 11.3 Å². The molecular weight excluding hydrogens is 500 g/mol. The molecule has 1 N–H and O–H groups in total. The lowest BCUT2D eigenvalue weighted by Crippen LogP contribution is -2.32. The molecule has 206 valence electrons. The van der Waals surface area contributed by atoms with E-state index in [4.69, 9.17) is 14.2 Å². The summed E-state index contributed by atoms with van der Waals surface area (Å²) < 4.78 is 18.3. The molecule has 0 saturated carbocycles. The zero-order valence-electron chi connectivity index (χ0n) is 23.1. The van der Waals surface area contributed by atoms with E-state index in [1.165, 1.54) is 32.4 Å². The van der Waals surface area contributed by atoms with Crippen LogP contribution in [0.25, 0.3) is 11.4 Å². The zero-order valence-corrected chi connectivity index (χ0v) is 23.1. The Bertz CT molecular complexity index is 1400. The second-order valence-corrected chi connectivity index (χ2v) is 9.49. The number of ketones is 1. The molecule has 3 aromatic rings. The van der Waals surface area contributed by atoms with Gasteiger partial charge in [-0.2, -0.15) is 5.10 Å². The van der Waals surface area contributed by atoms with Crippen LogP contribution in [0.3, 0.4) is 0 Å². The number of aliphatic hydroxyl groups excluding tert-OH is 1. The fourth-order valence-corrected chi connectivity index (χ4v) is 4.87. The van der Waals surface area contributed by atoms with Gasteiger partial charge in [0, 0.05) is 18.2 Å². The minimum atomic E-state index is -0.915. The van der Waals surface area contributed by atoms with Crippen molar-refractivity contribution in [3.8, 4) is 22.9 Å². The van der Waals surface area contributed by atoms with Gasteiger partial charge >= 0.3 is 0 Å². The number of rotatable bonds is 10. The summed E-state index contributed by atoms with van der Waals surface area (Å²) in [5, 5.41) is 16.1. The molecule has 2 aromatic carbocycles. The molecule has 10 heteroatoms. The number of hydrogen-bond acceptors (Lipinski definition) is 8. The molecule has 10 nitrogen and oxygen atoms in total. The molecule has 1 saturated heterocycles. The predicted molar refractivity (Wildman–Crippen MR) is 147 cm³/mol. The molecule has 0 spiro atoms. The molecule has 2 heterocycles. The highest BCUT2D eigenvalue weighted by atomic mass is 16.5. The van der Waals surface area contributed by atoms with E-state index >= 15 is 0 Å². The van der Waals surface area contributed by atoms with Crippen molar-refractivity contribution >= 4 is 17.4 Å². The summed E-state index contributed by atoms with van der Waals surface area (Å²) >= 11 is 0. The number of hydrogen-bond donors (Lipinski definition) is 1. The topological polar surface area (TPSA) is 106 Å². The number of likely N-dealkylation sites (tertiary alicyclic amines) is 1. The number of carbonyl (C=O) groups excluding carboxylic acids is 2. The minimum Gasteiger partial charge on any atom is -0.507 e. The van der Waals surface area contributed by atoms with Gasteiger partial charge in [0.1, 0.15) is 11.5 Å². The standard InChI is InChI=1S/C29H34N4O6/c1-18-21(17-30-33(18)19-11-8-7-9-12-19)27(34)25-26(32(29(36)28(25)35)14-10-13-31(2)3)20-15-23(38-5)24(39-6)16-22(20)37-4/h7-9,11-12,15-17,26,34H,10,13-14H2,1-6H3. The van der Waals surface area contributed by atoms with Gasteiger partial charge in [-0.3, -0.25) is 9.59 Å². The van der Waals surface area contributed by atoms with Gasteiger partial charge in [-0.25, -0.2) is 4.68 Å². The molecular formula is C29H34N4O6. The highest BCUT2D eigenvalue weighted by Crippen LogP contribution is 2.46. The first-order valence-corrected chi connectivity index (χ1v) is 12.6. The van der Waals surface area contributed by atoms with Crippen LogP contribution < -0.4 is 14.2 Å². The van der Waals surface area contributed by atoms with Gasteiger partial charge in [-0.15, -0.1) is 0 Å². The van der Waals surface area contributed by atoms with Crippen LogP contribution in [0.1, 0.15) is 29.3 Å². The van der Waals surface area contributed by atoms with E-state index in [9.17, 15) is 14.7 Å². The van der Waals surface area contributed by atoms with Gasteiger partial charge in [0.15, 0.2) is 11.5 Å². The SMILES string of the molecule is COc1cc(OC)c(C2C(=C(O)c3cnn(-c4ccccc4)c3C)C(=O)C(=O)N2CCCN(C)C)cc1OC. The maximum atomic E-state index is 13.5. The summed E-state index contributed by atoms with van der Waals surface area (Å²) in [5.41, 5.74) is 2.24. The van der Waals surface area contributed by atoms with Crippen molar-refractivity contribution in [2.75, 3.05) is 48.5 Å². The molecule has 0 radical (unpaired) electrons. The molecule has 1 fully saturated rings. The third-order valence-electron chi connectivity index (χ3n) is 6.84. The lowest BCUT2D eigenvalue weighted by atomic mass is 9.94. The Balaban J connectivity index is 1.91. The van der Waals surface area contributed by atoms with Crippen molar-refractivity contribution in [3.05, 3.63) is 71.1 Å². The molecule has 1 aliphatic heterocycles. The number of methoxy groups -OCH3 is 3. The van der Waals surface area contributed by atoms with Crippen molar-refractivity contribution in [3.63, 3.8) is 0 Å². The monoisotopic (exact) mass is 534 g/mol. The molecule has 1 unspecified atom stereocenters. The second-order valence-electron chi connectivity index (χ2n) is 9.49. The third kappa shape index (κ3) is 5.20. The number of Topliss-reactive ketones (excluding diaryl/α,β-unsaturated/α-hetero) is 1. The average molecular weight is 535 g/mol. The molecule has 0 aliphatic carbocycles. The third-order valence-corrected chi connectivity index (χ3v) is 6.84. The summed E-state index contributed by atoms with van der Waals surface area (Å²) in [6.45, 7) is 2.81. The van der Waals surface area contributed by atoms with Gasteiger partial charge in [0.25, 0.3) is 11.7 Å². The number of amides is 1. The molecule has 0 bridgehead atoms. The van der Waals surface area contributed by atoms with Crippen molar-refractivity contribution in [2.45, 2.75) is 19.4 Å². The fourth-order valence-electron chi connectivity index (χ4n) is 4.87. The van der Waals surface area contributed by atoms with Crippen molar-refractivity contribution in [2.24, 2.45) is 0 Å². The van der Waals surface area contributed by atoms with Crippen LogP contribution in [0, 0.1) is 6.92 Å². The molecule has 4 rings (SSSR count). The fraction of sp³-hybridized carbons (Fsp3) is 0.345. The Morgan fingerprint density at radius 1 is 1.00 bits per heavy atom. The van der Waals surface area contributed by atoms with Crippen LogP contribution in [0.4, 0.5) is 0 Å². The van der Waals surface area contributed by atoms with Gasteiger partial charge in [0.05, 0.1) is 56.1 Å². The molecule has 1 atom stereocenters. The smallest absolute Gasteiger partial charge is 0.295 e. The largest absolute Gasteiger partial charge is 0.507 e. The van der Waals surface area contributed by atoms with Crippen molar-refractivity contribution in [1.29, 1.82) is 0 Å². The van der Waals surface area contributed by atoms with Crippen LogP contribution in [0.2, 0.25) is 0 Å². The predicted octanol–water partition coefficient (Wildman–Crippen LogP) is 3.58. The van der Waals surface area contributed by atoms with Gasteiger partial charge in [-0.05, 0) is 52.2 Å². The maximum absolute atomic E-state index is 13.5. The van der Waals surface area contributed by atoms with Crippen LogP contribution in [0.5, 0.6) is 17.2 Å². The zero-order chi connectivity index (χ0) is 28.3. The number of para-hydroxylation sites is 1. The first-order chi connectivity index (χ1) is 18.7. The number of ether oxygens (including phenoxy) is 3. The summed E-state index contributed by atoms with van der Waals surface area (Å²) in [7, 11) is 8.39. The van der Waals surface area contributed by atoms with E-state index in [0.29, 0.717) is 53.6 Å². The van der Waals surface area contributed by atoms with Crippen molar-refractivity contribution < 1.29 is 28.9 Å². The number of nitrogens with zero attached hydrogens (tertiary/aromatic N) is 4. The summed E-state index contributed by atoms with van der Waals surface area (Å²) in [6.07, 6.45) is 2.12. The Labute approximate surface area is 228 Å². The van der Waals surface area contributed by atoms with Gasteiger partial charge < -0.3 is 29.1 Å². The Hall–Kier alpha value is -4.31. The Morgan fingerprint density at radius 2 is 1.64 bits per heavy atom. The maximum Gasteiger partial charge on any atom is 0.295 e. The van der Waals surface area contributed by atoms with E-state index in [1.54, 1.807) is 23.7 Å². The normalized spacial score (nSPS) is 16.7. The van der Waals surface area contributed by atoms with Crippen LogP contribution in [-0.2, 0) is 9.59 Å². The van der Waals surface area contributed by atoms with Gasteiger partial charge in [-0.1, -0.05) is 18.2 Å². The molecule has 1 aliphatic rings. The first kappa shape index (κ1) is 27.7. The highest BCUT2D eigenvalue weighted by Gasteiger charge is 2.47. The second kappa shape index (κ2) is 11.6. The first-order valence-electron chi connectivity index (χ1n) is 12.6. The van der Waals surface area contributed by atoms with E-state index in [0.717, 1.165) is 5.69 Å². The number of benzene rings is 2. The lowest BCUT2D eigenvalue weighted by molar-refractivity contribution is -0.140. The number of aliphatic hydroxyl groups is 1. The molecule has 1 aromatic heterocycles. The lowest BCUT2D eigenvalue weighted by Gasteiger charge is -2.27. The summed E-state index contributed by atoms with van der Waals surface area (Å²) in [5.74, 6) is -0.538. The summed E-state index contributed by atoms with van der Waals surface area (Å²) in [6, 6.07) is 11.9. The summed E-state index contributed by atoms with van der Waals surface area (Å²) in [4.78, 5) is 30.4. The number of aromatic nitrogens is 2. The van der Waals surface area contributed by atoms with Gasteiger partial charge in [0.2, 0.25) is 0 Å². The van der Waals surface area contributed by atoms with Crippen molar-refractivity contribution in [1.82, 2.24) is 19.6 Å². The molecule has 1 amide bonds. The Morgan fingerprint density at radius 3 is 2.26 bits per heavy atom. The number of carbonyl (C=O) groups is 2. The van der Waals surface area contributed by atoms with E-state index < -0.39 is 17.7 Å². The average Bonchev–Trinajstić information content (AvgIpc) is 3.44. The van der Waals surface area contributed by atoms with E-state index in [2.05, 4.69) is 5.10 Å². The van der Waals surface area contributed by atoms with Crippen LogP contribution >= 0.6 is 0 Å². The quantitative estimate of drug-likeness (QED) is 0.239. The molecule has 39 heavy (non-hydrogen) atoms. The van der Waals surface area contributed by atoms with E-state index in [1.807, 2.05) is 49.3 Å². The highest BCUT2D eigenvalue weighted by molar-refractivity contribution is 6.46. The van der Waals surface area contributed by atoms with Crippen LogP contribution in [0.15, 0.2) is 54.2 Å². The minimum absolute atomic E-state index is 0.0360. The van der Waals surface area contributed by atoms with Crippen LogP contribution in [-0.4, -0.2) is 84.9 Å².